The summed E-state index contributed by atoms with van der Waals surface area (Å²) in [4.78, 5) is 14.2. The van der Waals surface area contributed by atoms with Crippen molar-refractivity contribution in [2.24, 2.45) is 0 Å². The number of aliphatic hydroxyl groups excluding tert-OH is 1. The topological polar surface area (TPSA) is 61.8 Å². The summed E-state index contributed by atoms with van der Waals surface area (Å²) in [6.45, 7) is 3.12. The highest BCUT2D eigenvalue weighted by Gasteiger charge is 2.25. The molecule has 0 radical (unpaired) electrons. The number of hydrogen-bond donors (Lipinski definition) is 2. The maximum absolute atomic E-state index is 12.2. The summed E-state index contributed by atoms with van der Waals surface area (Å²) in [5.74, 6) is 0.278. The van der Waals surface area contributed by atoms with E-state index < -0.39 is 0 Å². The molecule has 2 aliphatic rings. The minimum atomic E-state index is 0.0759. The first kappa shape index (κ1) is 14.8. The fourth-order valence-electron chi connectivity index (χ4n) is 2.93. The van der Waals surface area contributed by atoms with Gasteiger partial charge in [0, 0.05) is 25.6 Å². The standard InChI is InChI=1S/C14H26N2O3/c17-9-10-19-13-4-7-16(8-5-13)14(18)11-12-3-1-2-6-15-12/h12-13,15,17H,1-11H2. The Kier molecular flexibility index (Phi) is 6.07. The normalized spacial score (nSPS) is 25.5. The molecule has 2 N–H and O–H groups in total. The number of hydrogen-bond acceptors (Lipinski definition) is 4. The minimum Gasteiger partial charge on any atom is -0.394 e. The molecule has 0 spiro atoms. The lowest BCUT2D eigenvalue weighted by atomic mass is 10.0. The third kappa shape index (κ3) is 4.75. The summed E-state index contributed by atoms with van der Waals surface area (Å²) < 4.78 is 5.51. The number of nitrogens with zero attached hydrogens (tertiary/aromatic N) is 1. The van der Waals surface area contributed by atoms with Gasteiger partial charge in [-0.2, -0.15) is 0 Å². The van der Waals surface area contributed by atoms with Crippen molar-refractivity contribution in [3.8, 4) is 0 Å². The molecule has 19 heavy (non-hydrogen) atoms. The molecule has 2 heterocycles. The van der Waals surface area contributed by atoms with Gasteiger partial charge in [-0.25, -0.2) is 0 Å². The Balaban J connectivity index is 1.67. The van der Waals surface area contributed by atoms with Crippen LogP contribution in [0.3, 0.4) is 0 Å². The number of amides is 1. The molecule has 2 aliphatic heterocycles. The molecule has 2 saturated heterocycles. The quantitative estimate of drug-likeness (QED) is 0.764. The maximum Gasteiger partial charge on any atom is 0.224 e. The van der Waals surface area contributed by atoms with Gasteiger partial charge in [0.25, 0.3) is 0 Å². The first-order chi connectivity index (χ1) is 9.29. The van der Waals surface area contributed by atoms with Gasteiger partial charge in [0.1, 0.15) is 0 Å². The first-order valence-corrected chi connectivity index (χ1v) is 7.53. The van der Waals surface area contributed by atoms with Gasteiger partial charge in [-0.3, -0.25) is 4.79 Å². The second-order valence-electron chi connectivity index (χ2n) is 5.53. The van der Waals surface area contributed by atoms with Crippen LogP contribution in [-0.2, 0) is 9.53 Å². The highest BCUT2D eigenvalue weighted by molar-refractivity contribution is 5.76. The van der Waals surface area contributed by atoms with Crippen LogP contribution in [0.2, 0.25) is 0 Å². The van der Waals surface area contributed by atoms with E-state index in [1.54, 1.807) is 0 Å². The lowest BCUT2D eigenvalue weighted by Gasteiger charge is -2.33. The van der Waals surface area contributed by atoms with Crippen molar-refractivity contribution < 1.29 is 14.6 Å². The third-order valence-corrected chi connectivity index (χ3v) is 4.07. The van der Waals surface area contributed by atoms with Gasteiger partial charge in [-0.15, -0.1) is 0 Å². The van der Waals surface area contributed by atoms with Crippen LogP contribution in [0.5, 0.6) is 0 Å². The SMILES string of the molecule is O=C(CC1CCCCN1)N1CCC(OCCO)CC1. The lowest BCUT2D eigenvalue weighted by Crippen LogP contribution is -2.44. The molecule has 0 aromatic carbocycles. The fraction of sp³-hybridized carbons (Fsp3) is 0.929. The maximum atomic E-state index is 12.2. The smallest absolute Gasteiger partial charge is 0.224 e. The second-order valence-corrected chi connectivity index (χ2v) is 5.53. The largest absolute Gasteiger partial charge is 0.394 e. The van der Waals surface area contributed by atoms with Crippen LogP contribution in [-0.4, -0.2) is 60.9 Å². The molecule has 0 aromatic rings. The summed E-state index contributed by atoms with van der Waals surface area (Å²) in [5, 5.41) is 12.1. The molecule has 0 aliphatic carbocycles. The zero-order valence-corrected chi connectivity index (χ0v) is 11.6. The number of piperidine rings is 2. The minimum absolute atomic E-state index is 0.0759. The Bertz CT molecular complexity index is 272. The van der Waals surface area contributed by atoms with Crippen molar-refractivity contribution in [1.82, 2.24) is 10.2 Å². The van der Waals surface area contributed by atoms with E-state index in [2.05, 4.69) is 5.32 Å². The first-order valence-electron chi connectivity index (χ1n) is 7.53. The second kappa shape index (κ2) is 7.82. The van der Waals surface area contributed by atoms with Crippen molar-refractivity contribution in [3.63, 3.8) is 0 Å². The molecule has 0 saturated carbocycles. The van der Waals surface area contributed by atoms with Crippen LogP contribution in [0, 0.1) is 0 Å². The molecular weight excluding hydrogens is 244 g/mol. The number of ether oxygens (including phenoxy) is 1. The summed E-state index contributed by atoms with van der Waals surface area (Å²) in [5.41, 5.74) is 0. The van der Waals surface area contributed by atoms with Crippen LogP contribution >= 0.6 is 0 Å². The number of rotatable bonds is 5. The van der Waals surface area contributed by atoms with E-state index in [1.165, 1.54) is 12.8 Å². The average molecular weight is 270 g/mol. The molecule has 110 valence electrons. The van der Waals surface area contributed by atoms with E-state index in [0.717, 1.165) is 38.9 Å². The van der Waals surface area contributed by atoms with Crippen molar-refractivity contribution in [1.29, 1.82) is 0 Å². The Morgan fingerprint density at radius 1 is 1.26 bits per heavy atom. The zero-order chi connectivity index (χ0) is 13.5. The summed E-state index contributed by atoms with van der Waals surface area (Å²) in [6, 6.07) is 0.379. The van der Waals surface area contributed by atoms with Crippen molar-refractivity contribution in [2.45, 2.75) is 50.7 Å². The van der Waals surface area contributed by atoms with Crippen LogP contribution in [0.25, 0.3) is 0 Å². The number of likely N-dealkylation sites (tertiary alicyclic amines) is 1. The third-order valence-electron chi connectivity index (χ3n) is 4.07. The Morgan fingerprint density at radius 3 is 2.68 bits per heavy atom. The van der Waals surface area contributed by atoms with Gasteiger partial charge in [-0.1, -0.05) is 6.42 Å². The summed E-state index contributed by atoms with van der Waals surface area (Å²) in [6.07, 6.45) is 6.24. The molecule has 5 heteroatoms. The van der Waals surface area contributed by atoms with Gasteiger partial charge in [-0.05, 0) is 32.2 Å². The molecule has 0 bridgehead atoms. The summed E-state index contributed by atoms with van der Waals surface area (Å²) in [7, 11) is 0. The van der Waals surface area contributed by atoms with Crippen LogP contribution < -0.4 is 5.32 Å². The molecule has 2 rings (SSSR count). The highest BCUT2D eigenvalue weighted by atomic mass is 16.5. The predicted octanol–water partition coefficient (Wildman–Crippen LogP) is 0.519. The molecule has 1 amide bonds. The molecular formula is C14H26N2O3. The van der Waals surface area contributed by atoms with E-state index in [1.807, 2.05) is 4.90 Å². The van der Waals surface area contributed by atoms with Crippen molar-refractivity contribution >= 4 is 5.91 Å². The fourth-order valence-corrected chi connectivity index (χ4v) is 2.93. The van der Waals surface area contributed by atoms with E-state index in [-0.39, 0.29) is 18.6 Å². The van der Waals surface area contributed by atoms with Gasteiger partial charge in [0.2, 0.25) is 5.91 Å². The molecule has 1 unspecified atom stereocenters. The Morgan fingerprint density at radius 2 is 2.05 bits per heavy atom. The number of aliphatic hydroxyl groups is 1. The van der Waals surface area contributed by atoms with Crippen LogP contribution in [0.1, 0.15) is 38.5 Å². The number of carbonyl (C=O) groups is 1. The Hall–Kier alpha value is -0.650. The number of nitrogens with one attached hydrogen (secondary N) is 1. The van der Waals surface area contributed by atoms with Gasteiger partial charge >= 0.3 is 0 Å². The molecule has 0 aromatic heterocycles. The van der Waals surface area contributed by atoms with Gasteiger partial charge in [0.15, 0.2) is 0 Å². The molecule has 1 atom stereocenters. The predicted molar refractivity (Wildman–Crippen MR) is 72.9 cm³/mol. The summed E-state index contributed by atoms with van der Waals surface area (Å²) >= 11 is 0. The monoisotopic (exact) mass is 270 g/mol. The Labute approximate surface area is 115 Å². The van der Waals surface area contributed by atoms with Crippen molar-refractivity contribution in [3.05, 3.63) is 0 Å². The molecule has 2 fully saturated rings. The van der Waals surface area contributed by atoms with E-state index in [4.69, 9.17) is 9.84 Å². The van der Waals surface area contributed by atoms with E-state index >= 15 is 0 Å². The van der Waals surface area contributed by atoms with Gasteiger partial charge < -0.3 is 20.1 Å². The van der Waals surface area contributed by atoms with Gasteiger partial charge in [0.05, 0.1) is 19.3 Å². The highest BCUT2D eigenvalue weighted by Crippen LogP contribution is 2.17. The van der Waals surface area contributed by atoms with E-state index in [0.29, 0.717) is 19.1 Å². The van der Waals surface area contributed by atoms with E-state index in [9.17, 15) is 4.79 Å². The van der Waals surface area contributed by atoms with Crippen LogP contribution in [0.4, 0.5) is 0 Å². The zero-order valence-electron chi connectivity index (χ0n) is 11.6. The molecule has 5 nitrogen and oxygen atoms in total. The average Bonchev–Trinajstić information content (AvgIpc) is 2.46. The van der Waals surface area contributed by atoms with Crippen molar-refractivity contribution in [2.75, 3.05) is 32.8 Å². The number of carbonyl (C=O) groups excluding carboxylic acids is 1. The van der Waals surface area contributed by atoms with Crippen LogP contribution in [0.15, 0.2) is 0 Å². The lowest BCUT2D eigenvalue weighted by molar-refractivity contribution is -0.134.